The van der Waals surface area contributed by atoms with Crippen LogP contribution < -0.4 is 10.2 Å². The average molecular weight is 335 g/mol. The summed E-state index contributed by atoms with van der Waals surface area (Å²) in [7, 11) is 0. The predicted molar refractivity (Wildman–Crippen MR) is 91.5 cm³/mol. The van der Waals surface area contributed by atoms with Gasteiger partial charge in [0.15, 0.2) is 0 Å². The molecule has 3 rings (SSSR count). The minimum atomic E-state index is -0.263. The van der Waals surface area contributed by atoms with Gasteiger partial charge < -0.3 is 10.2 Å². The molecule has 1 heterocycles. The summed E-state index contributed by atoms with van der Waals surface area (Å²) in [4.78, 5) is 26.4. The van der Waals surface area contributed by atoms with Crippen LogP contribution in [0.5, 0.6) is 0 Å². The Labute approximate surface area is 142 Å². The Morgan fingerprint density at radius 2 is 2.00 bits per heavy atom. The molecule has 1 atom stereocenters. The average Bonchev–Trinajstić information content (AvgIpc) is 2.92. The normalized spacial score (nSPS) is 28.0. The zero-order valence-corrected chi connectivity index (χ0v) is 14.2. The van der Waals surface area contributed by atoms with Crippen LogP contribution in [-0.4, -0.2) is 24.4 Å². The van der Waals surface area contributed by atoms with Crippen LogP contribution in [0.1, 0.15) is 39.0 Å². The summed E-state index contributed by atoms with van der Waals surface area (Å²) in [6.45, 7) is 2.70. The number of halogens is 1. The lowest BCUT2D eigenvalue weighted by atomic mass is 9.87. The minimum absolute atomic E-state index is 0.00955. The first-order valence-electron chi connectivity index (χ1n) is 8.39. The molecule has 5 heteroatoms. The molecule has 0 aromatic heterocycles. The lowest BCUT2D eigenvalue weighted by Crippen LogP contribution is -2.41. The molecule has 0 radical (unpaired) electrons. The van der Waals surface area contributed by atoms with Crippen LogP contribution >= 0.6 is 11.6 Å². The smallest absolute Gasteiger partial charge is 0.227 e. The number of hydrogen-bond donors (Lipinski definition) is 1. The third-order valence-corrected chi connectivity index (χ3v) is 5.21. The molecule has 23 heavy (non-hydrogen) atoms. The van der Waals surface area contributed by atoms with E-state index in [1.807, 2.05) is 12.1 Å². The van der Waals surface area contributed by atoms with Crippen LogP contribution in [0.2, 0.25) is 5.02 Å². The highest BCUT2D eigenvalue weighted by molar-refractivity contribution is 6.30. The highest BCUT2D eigenvalue weighted by Gasteiger charge is 2.36. The maximum atomic E-state index is 12.5. The number of benzene rings is 1. The van der Waals surface area contributed by atoms with E-state index >= 15 is 0 Å². The van der Waals surface area contributed by atoms with E-state index in [4.69, 9.17) is 11.6 Å². The molecule has 0 bridgehead atoms. The number of amides is 2. The van der Waals surface area contributed by atoms with Gasteiger partial charge in [0.1, 0.15) is 0 Å². The van der Waals surface area contributed by atoms with Crippen molar-refractivity contribution in [1.29, 1.82) is 0 Å². The van der Waals surface area contributed by atoms with Gasteiger partial charge in [-0.3, -0.25) is 9.59 Å². The van der Waals surface area contributed by atoms with Gasteiger partial charge in [-0.05, 0) is 49.8 Å². The van der Waals surface area contributed by atoms with E-state index in [-0.39, 0.29) is 30.2 Å². The molecule has 4 nitrogen and oxygen atoms in total. The SMILES string of the molecule is CC1CCC(NC(=O)[C@@H]2CC(=O)N(c3cccc(Cl)c3)C2)CC1. The van der Waals surface area contributed by atoms with E-state index in [2.05, 4.69) is 12.2 Å². The fourth-order valence-electron chi connectivity index (χ4n) is 3.50. The Kier molecular flexibility index (Phi) is 4.90. The van der Waals surface area contributed by atoms with Crippen molar-refractivity contribution in [2.24, 2.45) is 11.8 Å². The second-order valence-electron chi connectivity index (χ2n) is 6.85. The molecule has 124 valence electrons. The molecule has 1 aromatic carbocycles. The van der Waals surface area contributed by atoms with Crippen molar-refractivity contribution in [1.82, 2.24) is 5.32 Å². The van der Waals surface area contributed by atoms with Gasteiger partial charge in [-0.25, -0.2) is 0 Å². The summed E-state index contributed by atoms with van der Waals surface area (Å²) in [6, 6.07) is 7.49. The highest BCUT2D eigenvalue weighted by Crippen LogP contribution is 2.28. The Balaban J connectivity index is 1.59. The topological polar surface area (TPSA) is 49.4 Å². The van der Waals surface area contributed by atoms with Gasteiger partial charge in [0.05, 0.1) is 5.92 Å². The third kappa shape index (κ3) is 3.86. The van der Waals surface area contributed by atoms with Crippen LogP contribution in [0.4, 0.5) is 5.69 Å². The first kappa shape index (κ1) is 16.3. The van der Waals surface area contributed by atoms with E-state index in [1.165, 1.54) is 12.8 Å². The van der Waals surface area contributed by atoms with Crippen LogP contribution in [0, 0.1) is 11.8 Å². The molecule has 0 unspecified atom stereocenters. The zero-order chi connectivity index (χ0) is 16.4. The highest BCUT2D eigenvalue weighted by atomic mass is 35.5. The number of rotatable bonds is 3. The van der Waals surface area contributed by atoms with Crippen molar-refractivity contribution in [3.63, 3.8) is 0 Å². The van der Waals surface area contributed by atoms with E-state index < -0.39 is 0 Å². The number of nitrogens with one attached hydrogen (secondary N) is 1. The van der Waals surface area contributed by atoms with Gasteiger partial charge in [0.25, 0.3) is 0 Å². The second kappa shape index (κ2) is 6.91. The van der Waals surface area contributed by atoms with Crippen molar-refractivity contribution in [3.8, 4) is 0 Å². The summed E-state index contributed by atoms with van der Waals surface area (Å²) in [5.41, 5.74) is 0.768. The molecule has 2 fully saturated rings. The lowest BCUT2D eigenvalue weighted by Gasteiger charge is -2.27. The molecular formula is C18H23ClN2O2. The van der Waals surface area contributed by atoms with Crippen molar-refractivity contribution in [2.75, 3.05) is 11.4 Å². The summed E-state index contributed by atoms with van der Waals surface area (Å²) < 4.78 is 0. The van der Waals surface area contributed by atoms with Crippen molar-refractivity contribution in [2.45, 2.75) is 45.1 Å². The fraction of sp³-hybridized carbons (Fsp3) is 0.556. The largest absolute Gasteiger partial charge is 0.353 e. The summed E-state index contributed by atoms with van der Waals surface area (Å²) in [6.07, 6.45) is 4.71. The maximum absolute atomic E-state index is 12.5. The molecule has 1 aliphatic heterocycles. The van der Waals surface area contributed by atoms with Gasteiger partial charge >= 0.3 is 0 Å². The predicted octanol–water partition coefficient (Wildman–Crippen LogP) is 3.39. The van der Waals surface area contributed by atoms with Crippen molar-refractivity contribution >= 4 is 29.1 Å². The molecule has 1 saturated heterocycles. The molecule has 1 saturated carbocycles. The first-order valence-corrected chi connectivity index (χ1v) is 8.77. The molecule has 1 aliphatic carbocycles. The summed E-state index contributed by atoms with van der Waals surface area (Å²) in [5.74, 6) is 0.502. The van der Waals surface area contributed by atoms with E-state index in [1.54, 1.807) is 17.0 Å². The van der Waals surface area contributed by atoms with Gasteiger partial charge in [-0.15, -0.1) is 0 Å². The van der Waals surface area contributed by atoms with E-state index in [9.17, 15) is 9.59 Å². The monoisotopic (exact) mass is 334 g/mol. The lowest BCUT2D eigenvalue weighted by molar-refractivity contribution is -0.127. The summed E-state index contributed by atoms with van der Waals surface area (Å²) in [5, 5.41) is 3.74. The van der Waals surface area contributed by atoms with E-state index in [0.29, 0.717) is 11.6 Å². The van der Waals surface area contributed by atoms with Gasteiger partial charge in [-0.2, -0.15) is 0 Å². The molecule has 2 amide bonds. The number of carbonyl (C=O) groups excluding carboxylic acids is 2. The first-order chi connectivity index (χ1) is 11.0. The second-order valence-corrected chi connectivity index (χ2v) is 7.29. The Hall–Kier alpha value is -1.55. The maximum Gasteiger partial charge on any atom is 0.227 e. The van der Waals surface area contributed by atoms with Crippen LogP contribution in [-0.2, 0) is 9.59 Å². The van der Waals surface area contributed by atoms with Gasteiger partial charge in [-0.1, -0.05) is 24.6 Å². The minimum Gasteiger partial charge on any atom is -0.353 e. The molecule has 1 aromatic rings. The molecule has 2 aliphatic rings. The van der Waals surface area contributed by atoms with E-state index in [0.717, 1.165) is 24.4 Å². The van der Waals surface area contributed by atoms with Gasteiger partial charge in [0, 0.05) is 29.7 Å². The number of hydrogen-bond acceptors (Lipinski definition) is 2. The Morgan fingerprint density at radius 1 is 1.26 bits per heavy atom. The van der Waals surface area contributed by atoms with Crippen molar-refractivity contribution in [3.05, 3.63) is 29.3 Å². The fourth-order valence-corrected chi connectivity index (χ4v) is 3.68. The Morgan fingerprint density at radius 3 is 2.70 bits per heavy atom. The van der Waals surface area contributed by atoms with Crippen LogP contribution in [0.3, 0.4) is 0 Å². The number of nitrogens with zero attached hydrogens (tertiary/aromatic N) is 1. The molecular weight excluding hydrogens is 312 g/mol. The van der Waals surface area contributed by atoms with Crippen molar-refractivity contribution < 1.29 is 9.59 Å². The standard InChI is InChI=1S/C18H23ClN2O2/c1-12-5-7-15(8-6-12)20-18(23)13-9-17(22)21(11-13)16-4-2-3-14(19)10-16/h2-4,10,12-13,15H,5-9,11H2,1H3,(H,20,23)/t12?,13-,15?/m1/s1. The zero-order valence-electron chi connectivity index (χ0n) is 13.4. The molecule has 1 N–H and O–H groups in total. The quantitative estimate of drug-likeness (QED) is 0.921. The van der Waals surface area contributed by atoms with Crippen LogP contribution in [0.25, 0.3) is 0 Å². The van der Waals surface area contributed by atoms with Crippen LogP contribution in [0.15, 0.2) is 24.3 Å². The Bertz CT molecular complexity index is 596. The number of carbonyl (C=O) groups is 2. The third-order valence-electron chi connectivity index (χ3n) is 4.98. The van der Waals surface area contributed by atoms with Gasteiger partial charge in [0.2, 0.25) is 11.8 Å². The molecule has 0 spiro atoms. The number of anilines is 1. The summed E-state index contributed by atoms with van der Waals surface area (Å²) >= 11 is 5.99.